The van der Waals surface area contributed by atoms with Gasteiger partial charge in [-0.05, 0) is 55.7 Å². The molecule has 2 N–H and O–H groups in total. The lowest BCUT2D eigenvalue weighted by atomic mass is 10.1. The number of ether oxygens (including phenoxy) is 1. The Hall–Kier alpha value is -2.59. The van der Waals surface area contributed by atoms with Crippen LogP contribution in [0.5, 0.6) is 5.75 Å². The number of fused-ring (bicyclic) bond motifs is 1. The van der Waals surface area contributed by atoms with Gasteiger partial charge in [-0.1, -0.05) is 44.6 Å². The molecule has 28 heavy (non-hydrogen) atoms. The van der Waals surface area contributed by atoms with Crippen molar-refractivity contribution >= 4 is 16.5 Å². The number of allylic oxidation sites excluding steroid dienone is 5. The normalized spacial score (nSPS) is 13.9. The van der Waals surface area contributed by atoms with Crippen LogP contribution in [0.15, 0.2) is 60.3 Å². The molecule has 0 aliphatic rings. The minimum atomic E-state index is -0.422. The molecule has 1 atom stereocenters. The number of aliphatic hydroxyl groups excluding tert-OH is 1. The van der Waals surface area contributed by atoms with Crippen molar-refractivity contribution < 1.29 is 9.84 Å². The molecular formula is C24H32N2O2. The summed E-state index contributed by atoms with van der Waals surface area (Å²) in [5, 5.41) is 14.0. The molecule has 0 saturated heterocycles. The second-order valence-electron chi connectivity index (χ2n) is 6.70. The lowest BCUT2D eigenvalue weighted by Gasteiger charge is -2.12. The van der Waals surface area contributed by atoms with E-state index in [1.807, 2.05) is 38.2 Å². The molecule has 150 valence electrons. The van der Waals surface area contributed by atoms with Crippen molar-refractivity contribution in [1.29, 1.82) is 0 Å². The number of pyridine rings is 1. The summed E-state index contributed by atoms with van der Waals surface area (Å²) in [7, 11) is 1.93. The Morgan fingerprint density at radius 1 is 1.21 bits per heavy atom. The summed E-state index contributed by atoms with van der Waals surface area (Å²) in [6.07, 6.45) is 10.6. The van der Waals surface area contributed by atoms with Crippen LogP contribution in [-0.2, 0) is 0 Å². The van der Waals surface area contributed by atoms with E-state index in [9.17, 15) is 5.11 Å². The average molecular weight is 381 g/mol. The molecule has 4 nitrogen and oxygen atoms in total. The molecule has 0 bridgehead atoms. The summed E-state index contributed by atoms with van der Waals surface area (Å²) in [5.74, 6) is 0.756. The van der Waals surface area contributed by atoms with Crippen LogP contribution in [0.2, 0.25) is 0 Å². The van der Waals surface area contributed by atoms with Gasteiger partial charge in [0.2, 0.25) is 0 Å². The number of hydrogen-bond acceptors (Lipinski definition) is 4. The van der Waals surface area contributed by atoms with Gasteiger partial charge in [0.05, 0.1) is 17.3 Å². The molecule has 1 aromatic heterocycles. The summed E-state index contributed by atoms with van der Waals surface area (Å²) >= 11 is 0. The Morgan fingerprint density at radius 2 is 2.04 bits per heavy atom. The van der Waals surface area contributed by atoms with Gasteiger partial charge in [-0.3, -0.25) is 0 Å². The molecule has 0 saturated carbocycles. The van der Waals surface area contributed by atoms with Crippen LogP contribution in [0.4, 0.5) is 0 Å². The number of likely N-dealkylation sites (N-methyl/N-ethyl adjacent to an activating group) is 1. The number of aromatic nitrogens is 1. The molecule has 1 unspecified atom stereocenters. The second-order valence-corrected chi connectivity index (χ2v) is 6.70. The van der Waals surface area contributed by atoms with Crippen molar-refractivity contribution in [2.45, 2.75) is 46.1 Å². The maximum atomic E-state index is 9.83. The van der Waals surface area contributed by atoms with E-state index in [1.54, 1.807) is 0 Å². The van der Waals surface area contributed by atoms with Gasteiger partial charge in [-0.15, -0.1) is 0 Å². The minimum absolute atomic E-state index is 0.317. The van der Waals surface area contributed by atoms with Gasteiger partial charge < -0.3 is 15.2 Å². The molecule has 0 amide bonds. The Morgan fingerprint density at radius 3 is 2.71 bits per heavy atom. The Bertz CT molecular complexity index is 853. The Balaban J connectivity index is 2.18. The first-order valence-electron chi connectivity index (χ1n) is 10.1. The number of nitrogens with one attached hydrogen (secondary N) is 1. The highest BCUT2D eigenvalue weighted by atomic mass is 16.5. The van der Waals surface area contributed by atoms with Crippen LogP contribution < -0.4 is 10.1 Å². The lowest BCUT2D eigenvalue weighted by molar-refractivity contribution is 0.0994. The molecule has 2 aromatic rings. The van der Waals surface area contributed by atoms with E-state index >= 15 is 0 Å². The van der Waals surface area contributed by atoms with E-state index in [2.05, 4.69) is 49.5 Å². The summed E-state index contributed by atoms with van der Waals surface area (Å²) in [4.78, 5) is 4.80. The van der Waals surface area contributed by atoms with Gasteiger partial charge in [0, 0.05) is 18.1 Å². The average Bonchev–Trinajstić information content (AvgIpc) is 2.71. The minimum Gasteiger partial charge on any atom is -0.491 e. The molecule has 0 radical (unpaired) electrons. The van der Waals surface area contributed by atoms with Gasteiger partial charge in [0.1, 0.15) is 12.4 Å². The maximum Gasteiger partial charge on any atom is 0.120 e. The predicted octanol–water partition coefficient (Wildman–Crippen LogP) is 5.25. The second kappa shape index (κ2) is 11.3. The van der Waals surface area contributed by atoms with E-state index in [0.717, 1.165) is 52.9 Å². The van der Waals surface area contributed by atoms with E-state index in [4.69, 9.17) is 9.72 Å². The quantitative estimate of drug-likeness (QED) is 0.553. The van der Waals surface area contributed by atoms with Crippen molar-refractivity contribution in [3.05, 3.63) is 66.0 Å². The molecule has 0 spiro atoms. The number of aliphatic hydroxyl groups is 1. The summed E-state index contributed by atoms with van der Waals surface area (Å²) in [5.41, 5.74) is 4.02. The number of hydrogen-bond donors (Lipinski definition) is 2. The summed E-state index contributed by atoms with van der Waals surface area (Å²) in [6.45, 7) is 6.51. The van der Waals surface area contributed by atoms with Crippen molar-refractivity contribution in [2.24, 2.45) is 0 Å². The monoisotopic (exact) mass is 380 g/mol. The smallest absolute Gasteiger partial charge is 0.120 e. The zero-order valence-electron chi connectivity index (χ0n) is 17.4. The fourth-order valence-electron chi connectivity index (χ4n) is 2.95. The SMILES string of the molecule is C\C=C(/C=C\C(=C\CC)NC)c1ccc2cc(OCC(O)CCC)ccc2n1. The fourth-order valence-corrected chi connectivity index (χ4v) is 2.95. The third kappa shape index (κ3) is 6.24. The molecule has 1 aromatic carbocycles. The fraction of sp³-hybridized carbons (Fsp3) is 0.375. The van der Waals surface area contributed by atoms with Crippen LogP contribution in [0.1, 0.15) is 45.7 Å². The molecule has 2 rings (SSSR count). The number of nitrogens with zero attached hydrogens (tertiary/aromatic N) is 1. The van der Waals surface area contributed by atoms with Crippen molar-refractivity contribution in [3.63, 3.8) is 0 Å². The van der Waals surface area contributed by atoms with Crippen LogP contribution >= 0.6 is 0 Å². The Labute approximate surface area is 168 Å². The lowest BCUT2D eigenvalue weighted by Crippen LogP contribution is -2.16. The van der Waals surface area contributed by atoms with Crippen LogP contribution in [0.25, 0.3) is 16.5 Å². The largest absolute Gasteiger partial charge is 0.491 e. The summed E-state index contributed by atoms with van der Waals surface area (Å²) in [6, 6.07) is 9.93. The predicted molar refractivity (Wildman–Crippen MR) is 118 cm³/mol. The van der Waals surface area contributed by atoms with Crippen molar-refractivity contribution in [2.75, 3.05) is 13.7 Å². The molecule has 0 aliphatic heterocycles. The molecule has 1 heterocycles. The Kier molecular flexibility index (Phi) is 8.76. The zero-order chi connectivity index (χ0) is 20.4. The molecule has 4 heteroatoms. The molecular weight excluding hydrogens is 348 g/mol. The van der Waals surface area contributed by atoms with Crippen LogP contribution in [0, 0.1) is 0 Å². The van der Waals surface area contributed by atoms with Crippen molar-refractivity contribution in [3.8, 4) is 5.75 Å². The van der Waals surface area contributed by atoms with Crippen LogP contribution in [0.3, 0.4) is 0 Å². The highest BCUT2D eigenvalue weighted by Crippen LogP contribution is 2.23. The van der Waals surface area contributed by atoms with Gasteiger partial charge in [0.15, 0.2) is 0 Å². The highest BCUT2D eigenvalue weighted by molar-refractivity contribution is 5.83. The molecule has 0 fully saturated rings. The standard InChI is InChI=1S/C24H32N2O2/c1-5-8-20(25-4)12-10-18(7-3)23-14-11-19-16-22(13-15-24(19)26-23)28-17-21(27)9-6-2/h7-8,10-16,21,25,27H,5-6,9,17H2,1-4H3/b12-10-,18-7+,20-8-. The van der Waals surface area contributed by atoms with Crippen LogP contribution in [-0.4, -0.2) is 29.8 Å². The van der Waals surface area contributed by atoms with Gasteiger partial charge in [-0.25, -0.2) is 4.98 Å². The first-order chi connectivity index (χ1) is 13.6. The van der Waals surface area contributed by atoms with E-state index < -0.39 is 6.10 Å². The highest BCUT2D eigenvalue weighted by Gasteiger charge is 2.06. The van der Waals surface area contributed by atoms with Gasteiger partial charge in [0.25, 0.3) is 0 Å². The maximum absolute atomic E-state index is 9.83. The first-order valence-corrected chi connectivity index (χ1v) is 10.1. The van der Waals surface area contributed by atoms with Gasteiger partial charge >= 0.3 is 0 Å². The third-order valence-corrected chi connectivity index (χ3v) is 4.49. The van der Waals surface area contributed by atoms with E-state index in [1.165, 1.54) is 0 Å². The van der Waals surface area contributed by atoms with Crippen molar-refractivity contribution in [1.82, 2.24) is 10.3 Å². The topological polar surface area (TPSA) is 54.4 Å². The third-order valence-electron chi connectivity index (χ3n) is 4.49. The zero-order valence-corrected chi connectivity index (χ0v) is 17.4. The molecule has 0 aliphatic carbocycles. The number of benzene rings is 1. The first kappa shape index (κ1) is 21.7. The number of rotatable bonds is 10. The van der Waals surface area contributed by atoms with E-state index in [-0.39, 0.29) is 0 Å². The van der Waals surface area contributed by atoms with Gasteiger partial charge in [-0.2, -0.15) is 0 Å². The summed E-state index contributed by atoms with van der Waals surface area (Å²) < 4.78 is 5.71. The van der Waals surface area contributed by atoms with E-state index in [0.29, 0.717) is 6.61 Å².